The van der Waals surface area contributed by atoms with Gasteiger partial charge < -0.3 is 10.3 Å². The number of aromatic nitrogens is 1. The highest BCUT2D eigenvalue weighted by atomic mass is 19.1. The van der Waals surface area contributed by atoms with Gasteiger partial charge in [-0.3, -0.25) is 4.79 Å². The lowest BCUT2D eigenvalue weighted by atomic mass is 9.95. The molecule has 0 bridgehead atoms. The van der Waals surface area contributed by atoms with Crippen LogP contribution in [0.5, 0.6) is 0 Å². The van der Waals surface area contributed by atoms with E-state index < -0.39 is 0 Å². The highest BCUT2D eigenvalue weighted by Gasteiger charge is 2.16. The number of benzene rings is 1. The molecule has 1 heterocycles. The predicted octanol–water partition coefficient (Wildman–Crippen LogP) is 3.30. The van der Waals surface area contributed by atoms with E-state index in [1.54, 1.807) is 12.3 Å². The van der Waals surface area contributed by atoms with Gasteiger partial charge in [0.2, 0.25) is 5.91 Å². The third kappa shape index (κ3) is 2.84. The summed E-state index contributed by atoms with van der Waals surface area (Å²) in [5.41, 5.74) is 1.67. The van der Waals surface area contributed by atoms with Crippen LogP contribution >= 0.6 is 0 Å². The van der Waals surface area contributed by atoms with Crippen molar-refractivity contribution in [2.75, 3.05) is 0 Å². The van der Waals surface area contributed by atoms with Crippen LogP contribution < -0.4 is 5.32 Å². The minimum Gasteiger partial charge on any atom is -0.361 e. The lowest BCUT2D eigenvalue weighted by molar-refractivity contribution is -0.121. The molecule has 106 valence electrons. The molecule has 1 fully saturated rings. The zero-order chi connectivity index (χ0) is 13.9. The number of halogens is 1. The number of carbonyl (C=O) groups excluding carboxylic acids is 1. The van der Waals surface area contributed by atoms with Crippen LogP contribution in [-0.4, -0.2) is 16.9 Å². The third-order valence-electron chi connectivity index (χ3n) is 4.05. The molecule has 3 rings (SSSR count). The van der Waals surface area contributed by atoms with Crippen LogP contribution in [0.2, 0.25) is 0 Å². The maximum atomic E-state index is 13.1. The molecule has 0 aliphatic heterocycles. The number of amides is 1. The van der Waals surface area contributed by atoms with E-state index in [1.165, 1.54) is 31.4 Å². The van der Waals surface area contributed by atoms with Gasteiger partial charge in [0, 0.05) is 23.1 Å². The Bertz CT molecular complexity index is 614. The quantitative estimate of drug-likeness (QED) is 0.886. The number of hydrogen-bond acceptors (Lipinski definition) is 1. The van der Waals surface area contributed by atoms with Gasteiger partial charge in [-0.2, -0.15) is 0 Å². The van der Waals surface area contributed by atoms with E-state index >= 15 is 0 Å². The molecule has 1 aliphatic carbocycles. The number of rotatable bonds is 3. The Balaban J connectivity index is 1.67. The Hall–Kier alpha value is -1.84. The Kier molecular flexibility index (Phi) is 3.72. The summed E-state index contributed by atoms with van der Waals surface area (Å²) in [5.74, 6) is -0.209. The molecule has 1 amide bonds. The summed E-state index contributed by atoms with van der Waals surface area (Å²) in [6.45, 7) is 0. The Morgan fingerprint density at radius 2 is 2.10 bits per heavy atom. The van der Waals surface area contributed by atoms with Gasteiger partial charge in [0.15, 0.2) is 0 Å². The molecule has 0 unspecified atom stereocenters. The third-order valence-corrected chi connectivity index (χ3v) is 4.05. The van der Waals surface area contributed by atoms with Crippen molar-refractivity contribution >= 4 is 16.8 Å². The molecule has 1 saturated carbocycles. The van der Waals surface area contributed by atoms with E-state index in [0.717, 1.165) is 29.3 Å². The zero-order valence-corrected chi connectivity index (χ0v) is 11.4. The molecule has 20 heavy (non-hydrogen) atoms. The van der Waals surface area contributed by atoms with Crippen LogP contribution in [0, 0.1) is 5.82 Å². The van der Waals surface area contributed by atoms with Crippen molar-refractivity contribution in [3.05, 3.63) is 35.8 Å². The lowest BCUT2D eigenvalue weighted by Crippen LogP contribution is -2.37. The fourth-order valence-corrected chi connectivity index (χ4v) is 3.00. The van der Waals surface area contributed by atoms with Crippen molar-refractivity contribution in [1.82, 2.24) is 10.3 Å². The highest BCUT2D eigenvalue weighted by Crippen LogP contribution is 2.21. The molecule has 1 aromatic heterocycles. The van der Waals surface area contributed by atoms with Gasteiger partial charge >= 0.3 is 0 Å². The van der Waals surface area contributed by atoms with E-state index in [9.17, 15) is 9.18 Å². The van der Waals surface area contributed by atoms with Gasteiger partial charge in [-0.15, -0.1) is 0 Å². The van der Waals surface area contributed by atoms with Gasteiger partial charge in [0.05, 0.1) is 6.42 Å². The molecule has 4 heteroatoms. The van der Waals surface area contributed by atoms with Crippen molar-refractivity contribution in [3.63, 3.8) is 0 Å². The first kappa shape index (κ1) is 13.2. The van der Waals surface area contributed by atoms with Crippen LogP contribution in [0.4, 0.5) is 4.39 Å². The normalized spacial score (nSPS) is 16.4. The highest BCUT2D eigenvalue weighted by molar-refractivity contribution is 5.89. The van der Waals surface area contributed by atoms with Gasteiger partial charge in [-0.05, 0) is 36.6 Å². The Morgan fingerprint density at radius 3 is 2.90 bits per heavy atom. The first-order chi connectivity index (χ1) is 9.72. The van der Waals surface area contributed by atoms with Crippen molar-refractivity contribution in [3.8, 4) is 0 Å². The molecule has 1 aromatic carbocycles. The van der Waals surface area contributed by atoms with Gasteiger partial charge in [-0.1, -0.05) is 19.3 Å². The van der Waals surface area contributed by atoms with Crippen LogP contribution in [0.25, 0.3) is 10.9 Å². The average Bonchev–Trinajstić information content (AvgIpc) is 2.82. The SMILES string of the molecule is O=C(Cc1c[nH]c2cc(F)ccc12)NC1CCCCC1. The summed E-state index contributed by atoms with van der Waals surface area (Å²) in [6, 6.07) is 4.94. The Morgan fingerprint density at radius 1 is 1.30 bits per heavy atom. The second-order valence-corrected chi connectivity index (χ2v) is 5.58. The van der Waals surface area contributed by atoms with Crippen molar-refractivity contribution in [2.24, 2.45) is 0 Å². The summed E-state index contributed by atoms with van der Waals surface area (Å²) < 4.78 is 13.1. The van der Waals surface area contributed by atoms with E-state index in [4.69, 9.17) is 0 Å². The monoisotopic (exact) mass is 274 g/mol. The fraction of sp³-hybridized carbons (Fsp3) is 0.438. The van der Waals surface area contributed by atoms with Crippen molar-refractivity contribution < 1.29 is 9.18 Å². The van der Waals surface area contributed by atoms with Crippen molar-refractivity contribution in [1.29, 1.82) is 0 Å². The number of fused-ring (bicyclic) bond motifs is 1. The lowest BCUT2D eigenvalue weighted by Gasteiger charge is -2.22. The minimum absolute atomic E-state index is 0.0575. The average molecular weight is 274 g/mol. The van der Waals surface area contributed by atoms with E-state index in [2.05, 4.69) is 10.3 Å². The van der Waals surface area contributed by atoms with Gasteiger partial charge in [-0.25, -0.2) is 4.39 Å². The van der Waals surface area contributed by atoms with Crippen LogP contribution in [0.15, 0.2) is 24.4 Å². The zero-order valence-electron chi connectivity index (χ0n) is 11.4. The summed E-state index contributed by atoms with van der Waals surface area (Å²) in [6.07, 6.45) is 8.01. The van der Waals surface area contributed by atoms with Gasteiger partial charge in [0.1, 0.15) is 5.82 Å². The van der Waals surface area contributed by atoms with E-state index in [-0.39, 0.29) is 11.7 Å². The molecule has 2 aromatic rings. The molecule has 0 saturated heterocycles. The topological polar surface area (TPSA) is 44.9 Å². The summed E-state index contributed by atoms with van der Waals surface area (Å²) in [5, 5.41) is 4.03. The summed E-state index contributed by atoms with van der Waals surface area (Å²) in [4.78, 5) is 15.1. The van der Waals surface area contributed by atoms with E-state index in [0.29, 0.717) is 12.5 Å². The molecule has 0 atom stereocenters. The maximum Gasteiger partial charge on any atom is 0.224 e. The number of carbonyl (C=O) groups is 1. The molecule has 0 spiro atoms. The first-order valence-corrected chi connectivity index (χ1v) is 7.27. The minimum atomic E-state index is -0.266. The first-order valence-electron chi connectivity index (χ1n) is 7.27. The number of hydrogen-bond donors (Lipinski definition) is 2. The molecule has 0 radical (unpaired) electrons. The molecular formula is C16H19FN2O. The van der Waals surface area contributed by atoms with Crippen molar-refractivity contribution in [2.45, 2.75) is 44.6 Å². The van der Waals surface area contributed by atoms with Crippen LogP contribution in [0.3, 0.4) is 0 Å². The fourth-order valence-electron chi connectivity index (χ4n) is 3.00. The summed E-state index contributed by atoms with van der Waals surface area (Å²) in [7, 11) is 0. The second kappa shape index (κ2) is 5.65. The predicted molar refractivity (Wildman–Crippen MR) is 77.0 cm³/mol. The van der Waals surface area contributed by atoms with Crippen LogP contribution in [-0.2, 0) is 11.2 Å². The number of aromatic amines is 1. The van der Waals surface area contributed by atoms with Crippen LogP contribution in [0.1, 0.15) is 37.7 Å². The molecule has 1 aliphatic rings. The smallest absolute Gasteiger partial charge is 0.224 e. The van der Waals surface area contributed by atoms with Gasteiger partial charge in [0.25, 0.3) is 0 Å². The number of H-pyrrole nitrogens is 1. The standard InChI is InChI=1S/C16H19FN2O/c17-12-6-7-14-11(10-18-15(14)9-12)8-16(20)19-13-4-2-1-3-5-13/h6-7,9-10,13,18H,1-5,8H2,(H,19,20). The number of nitrogens with one attached hydrogen (secondary N) is 2. The van der Waals surface area contributed by atoms with E-state index in [1.807, 2.05) is 0 Å². The Labute approximate surface area is 117 Å². The largest absolute Gasteiger partial charge is 0.361 e. The summed E-state index contributed by atoms with van der Waals surface area (Å²) >= 11 is 0. The maximum absolute atomic E-state index is 13.1. The molecular weight excluding hydrogens is 255 g/mol. The molecule has 2 N–H and O–H groups in total. The molecule has 3 nitrogen and oxygen atoms in total. The second-order valence-electron chi connectivity index (χ2n) is 5.58.